The van der Waals surface area contributed by atoms with Gasteiger partial charge in [0.2, 0.25) is 0 Å². The number of nitrogens with one attached hydrogen (secondary N) is 1. The summed E-state index contributed by atoms with van der Waals surface area (Å²) in [6, 6.07) is 3.47. The Morgan fingerprint density at radius 3 is 2.80 bits per heavy atom. The maximum Gasteiger partial charge on any atom is 0.254 e. The van der Waals surface area contributed by atoms with Crippen molar-refractivity contribution in [2.45, 2.75) is 25.3 Å². The van der Waals surface area contributed by atoms with Crippen molar-refractivity contribution in [3.05, 3.63) is 29.6 Å². The summed E-state index contributed by atoms with van der Waals surface area (Å²) in [6.45, 7) is 0. The lowest BCUT2D eigenvalue weighted by molar-refractivity contribution is -0.131. The highest BCUT2D eigenvalue weighted by atomic mass is 19.1. The van der Waals surface area contributed by atoms with Crippen LogP contribution < -0.4 is 10.1 Å². The summed E-state index contributed by atoms with van der Waals surface area (Å²) in [4.78, 5) is 34.7. The summed E-state index contributed by atoms with van der Waals surface area (Å²) in [5.74, 6) is -1.96. The molecule has 1 amide bonds. The van der Waals surface area contributed by atoms with E-state index in [-0.39, 0.29) is 42.1 Å². The second-order valence-electron chi connectivity index (χ2n) is 4.57. The predicted octanol–water partition coefficient (Wildman–Crippen LogP) is 1.25. The molecule has 0 spiro atoms. The van der Waals surface area contributed by atoms with E-state index in [1.807, 2.05) is 0 Å². The first-order valence-electron chi connectivity index (χ1n) is 6.20. The lowest BCUT2D eigenvalue weighted by atomic mass is 9.93. The molecule has 1 aliphatic carbocycles. The molecule has 5 nitrogen and oxygen atoms in total. The van der Waals surface area contributed by atoms with E-state index >= 15 is 0 Å². The van der Waals surface area contributed by atoms with Gasteiger partial charge >= 0.3 is 0 Å². The first kappa shape index (κ1) is 14.2. The van der Waals surface area contributed by atoms with Gasteiger partial charge in [-0.05, 0) is 18.6 Å². The molecule has 1 saturated carbocycles. The normalized spacial score (nSPS) is 18.8. The largest absolute Gasteiger partial charge is 0.494 e. The summed E-state index contributed by atoms with van der Waals surface area (Å²) in [7, 11) is 1.30. The van der Waals surface area contributed by atoms with Gasteiger partial charge in [0, 0.05) is 6.42 Å². The number of amides is 1. The van der Waals surface area contributed by atoms with E-state index in [2.05, 4.69) is 5.32 Å². The summed E-state index contributed by atoms with van der Waals surface area (Å²) >= 11 is 0. The first-order valence-corrected chi connectivity index (χ1v) is 6.20. The van der Waals surface area contributed by atoms with Gasteiger partial charge in [0.15, 0.2) is 17.3 Å². The second kappa shape index (κ2) is 5.81. The fourth-order valence-corrected chi connectivity index (χ4v) is 2.10. The van der Waals surface area contributed by atoms with E-state index in [1.165, 1.54) is 25.3 Å². The third-order valence-electron chi connectivity index (χ3n) is 3.21. The van der Waals surface area contributed by atoms with Crippen molar-refractivity contribution in [2.24, 2.45) is 0 Å². The molecule has 1 fully saturated rings. The van der Waals surface area contributed by atoms with Crippen LogP contribution in [0.4, 0.5) is 4.39 Å². The minimum Gasteiger partial charge on any atom is -0.494 e. The van der Waals surface area contributed by atoms with E-state index in [0.29, 0.717) is 0 Å². The van der Waals surface area contributed by atoms with Crippen molar-refractivity contribution >= 4 is 17.5 Å². The van der Waals surface area contributed by atoms with Crippen LogP contribution in [0.2, 0.25) is 0 Å². The molecule has 106 valence electrons. The van der Waals surface area contributed by atoms with Crippen LogP contribution in [-0.2, 0) is 9.59 Å². The van der Waals surface area contributed by atoms with Crippen LogP contribution in [0, 0.1) is 5.82 Å². The summed E-state index contributed by atoms with van der Waals surface area (Å²) in [6.07, 6.45) is 0.331. The van der Waals surface area contributed by atoms with Crippen molar-refractivity contribution in [1.82, 2.24) is 5.32 Å². The number of halogens is 1. The van der Waals surface area contributed by atoms with Gasteiger partial charge in [0.1, 0.15) is 5.78 Å². The minimum atomic E-state index is -0.771. The molecule has 0 bridgehead atoms. The van der Waals surface area contributed by atoms with Gasteiger partial charge in [-0.1, -0.05) is 6.07 Å². The molecule has 0 aliphatic heterocycles. The van der Waals surface area contributed by atoms with Crippen molar-refractivity contribution in [2.75, 3.05) is 7.11 Å². The lowest BCUT2D eigenvalue weighted by Crippen LogP contribution is -2.44. The van der Waals surface area contributed by atoms with E-state index < -0.39 is 17.8 Å². The highest BCUT2D eigenvalue weighted by Gasteiger charge is 2.29. The Hall–Kier alpha value is -2.24. The lowest BCUT2D eigenvalue weighted by Gasteiger charge is -2.21. The van der Waals surface area contributed by atoms with Gasteiger partial charge in [-0.3, -0.25) is 14.4 Å². The number of carbonyl (C=O) groups is 3. The molecule has 1 aromatic rings. The molecule has 20 heavy (non-hydrogen) atoms. The Balaban J connectivity index is 2.13. The number of ether oxygens (including phenoxy) is 1. The Kier molecular flexibility index (Phi) is 4.12. The average molecular weight is 279 g/mol. The van der Waals surface area contributed by atoms with E-state index in [4.69, 9.17) is 4.74 Å². The Morgan fingerprint density at radius 1 is 1.40 bits per heavy atom. The zero-order valence-corrected chi connectivity index (χ0v) is 10.9. The maximum absolute atomic E-state index is 13.9. The van der Waals surface area contributed by atoms with Gasteiger partial charge in [0.25, 0.3) is 5.91 Å². The topological polar surface area (TPSA) is 72.5 Å². The van der Waals surface area contributed by atoms with E-state index in [0.717, 1.165) is 0 Å². The Labute approximate surface area is 115 Å². The highest BCUT2D eigenvalue weighted by Crippen LogP contribution is 2.20. The zero-order valence-electron chi connectivity index (χ0n) is 10.9. The van der Waals surface area contributed by atoms with Crippen molar-refractivity contribution in [3.8, 4) is 5.75 Å². The molecule has 1 atom stereocenters. The molecule has 0 saturated heterocycles. The molecule has 1 aromatic carbocycles. The van der Waals surface area contributed by atoms with Crippen LogP contribution in [0.3, 0.4) is 0 Å². The molecule has 1 N–H and O–H groups in total. The third-order valence-corrected chi connectivity index (χ3v) is 3.21. The number of methoxy groups -OCH3 is 1. The fourth-order valence-electron chi connectivity index (χ4n) is 2.10. The number of rotatable bonds is 3. The highest BCUT2D eigenvalue weighted by molar-refractivity contribution is 6.06. The van der Waals surface area contributed by atoms with E-state index in [9.17, 15) is 18.8 Å². The molecule has 6 heteroatoms. The van der Waals surface area contributed by atoms with Gasteiger partial charge < -0.3 is 10.1 Å². The van der Waals surface area contributed by atoms with Crippen LogP contribution >= 0.6 is 0 Å². The first-order chi connectivity index (χ1) is 9.52. The van der Waals surface area contributed by atoms with Crippen molar-refractivity contribution in [3.63, 3.8) is 0 Å². The summed E-state index contributed by atoms with van der Waals surface area (Å²) in [5, 5.41) is 2.46. The van der Waals surface area contributed by atoms with Gasteiger partial charge in [0.05, 0.1) is 25.1 Å². The molecule has 1 unspecified atom stereocenters. The van der Waals surface area contributed by atoms with Gasteiger partial charge in [-0.25, -0.2) is 4.39 Å². The van der Waals surface area contributed by atoms with Crippen LogP contribution in [0.25, 0.3) is 0 Å². The number of Topliss-reactive ketones (excluding diaryl/α,β-unsaturated/α-hetero) is 2. The standard InChI is InChI=1S/C14H14FNO4/c1-20-12-4-2-3-9(13(12)15)14(19)16-10-6-5-8(17)7-11(10)18/h2-4,10H,5-7H2,1H3,(H,16,19). The Bertz CT molecular complexity index is 570. The molecule has 1 aliphatic rings. The van der Waals surface area contributed by atoms with Crippen LogP contribution in [0.1, 0.15) is 29.6 Å². The minimum absolute atomic E-state index is 0.0391. The molecule has 0 heterocycles. The molecule has 2 rings (SSSR count). The zero-order chi connectivity index (χ0) is 14.7. The Morgan fingerprint density at radius 2 is 2.15 bits per heavy atom. The third kappa shape index (κ3) is 2.84. The maximum atomic E-state index is 13.9. The fraction of sp³-hybridized carbons (Fsp3) is 0.357. The number of hydrogen-bond donors (Lipinski definition) is 1. The molecular formula is C14H14FNO4. The quantitative estimate of drug-likeness (QED) is 0.845. The van der Waals surface area contributed by atoms with Gasteiger partial charge in [-0.15, -0.1) is 0 Å². The molecule has 0 aromatic heterocycles. The molecular weight excluding hydrogens is 265 g/mol. The van der Waals surface area contributed by atoms with Crippen LogP contribution in [-0.4, -0.2) is 30.6 Å². The number of hydrogen-bond acceptors (Lipinski definition) is 4. The average Bonchev–Trinajstić information content (AvgIpc) is 2.42. The SMILES string of the molecule is COc1cccc(C(=O)NC2CCC(=O)CC2=O)c1F. The number of ketones is 2. The second-order valence-corrected chi connectivity index (χ2v) is 4.57. The molecule has 0 radical (unpaired) electrons. The summed E-state index contributed by atoms with van der Waals surface area (Å²) in [5.41, 5.74) is -0.186. The van der Waals surface area contributed by atoms with Crippen molar-refractivity contribution in [1.29, 1.82) is 0 Å². The number of carbonyl (C=O) groups excluding carboxylic acids is 3. The smallest absolute Gasteiger partial charge is 0.254 e. The summed E-state index contributed by atoms with van der Waals surface area (Å²) < 4.78 is 18.7. The monoisotopic (exact) mass is 279 g/mol. The van der Waals surface area contributed by atoms with Gasteiger partial charge in [-0.2, -0.15) is 0 Å². The van der Waals surface area contributed by atoms with E-state index in [1.54, 1.807) is 0 Å². The van der Waals surface area contributed by atoms with Crippen LogP contribution in [0.15, 0.2) is 18.2 Å². The number of benzene rings is 1. The predicted molar refractivity (Wildman–Crippen MR) is 68.1 cm³/mol. The van der Waals surface area contributed by atoms with Crippen LogP contribution in [0.5, 0.6) is 5.75 Å². The van der Waals surface area contributed by atoms with Crippen molar-refractivity contribution < 1.29 is 23.5 Å².